The molecule has 0 N–H and O–H groups in total. The Kier molecular flexibility index (Phi) is 4.22. The fraction of sp³-hybridized carbons (Fsp3) is 0.467. The highest BCUT2D eigenvalue weighted by Crippen LogP contribution is 2.22. The first-order valence-electron chi connectivity index (χ1n) is 5.93. The van der Waals surface area contributed by atoms with E-state index in [9.17, 15) is 9.59 Å². The third-order valence-electron chi connectivity index (χ3n) is 2.64. The summed E-state index contributed by atoms with van der Waals surface area (Å²) in [6.07, 6.45) is 0.437. The summed E-state index contributed by atoms with van der Waals surface area (Å²) in [5, 5.41) is 0. The van der Waals surface area contributed by atoms with Crippen LogP contribution < -0.4 is 0 Å². The minimum atomic E-state index is -0.545. The van der Waals surface area contributed by atoms with Gasteiger partial charge in [-0.05, 0) is 12.3 Å². The molecule has 2 nitrogen and oxygen atoms in total. The van der Waals surface area contributed by atoms with Crippen molar-refractivity contribution < 1.29 is 9.59 Å². The highest BCUT2D eigenvalue weighted by atomic mass is 16.1. The molecule has 0 aliphatic heterocycles. The summed E-state index contributed by atoms with van der Waals surface area (Å²) in [6, 6.07) is 8.99. The van der Waals surface area contributed by atoms with Crippen molar-refractivity contribution in [1.29, 1.82) is 0 Å². The molecular formula is C15H20O2. The molecule has 0 aliphatic rings. The average molecular weight is 232 g/mol. The highest BCUT2D eigenvalue weighted by Gasteiger charge is 2.26. The number of Topliss-reactive ketones (excluding diaryl/α,β-unsaturated/α-hetero) is 2. The standard InChI is InChI=1S/C15H20O2/c1-11(13(16)10-15(2,3)4)14(17)12-8-6-5-7-9-12/h5-9,11H,10H2,1-4H3. The Morgan fingerprint density at radius 3 is 2.12 bits per heavy atom. The maximum Gasteiger partial charge on any atom is 0.173 e. The monoisotopic (exact) mass is 232 g/mol. The van der Waals surface area contributed by atoms with E-state index in [0.717, 1.165) is 0 Å². The largest absolute Gasteiger partial charge is 0.299 e. The van der Waals surface area contributed by atoms with Crippen molar-refractivity contribution in [3.8, 4) is 0 Å². The highest BCUT2D eigenvalue weighted by molar-refractivity contribution is 6.10. The Hall–Kier alpha value is -1.44. The van der Waals surface area contributed by atoms with Crippen molar-refractivity contribution in [2.45, 2.75) is 34.1 Å². The van der Waals surface area contributed by atoms with E-state index in [1.165, 1.54) is 0 Å². The summed E-state index contributed by atoms with van der Waals surface area (Å²) in [4.78, 5) is 24.0. The van der Waals surface area contributed by atoms with E-state index in [1.54, 1.807) is 19.1 Å². The second-order valence-corrected chi connectivity index (χ2v) is 5.66. The summed E-state index contributed by atoms with van der Waals surface area (Å²) in [7, 11) is 0. The molecule has 0 spiro atoms. The molecule has 0 saturated carbocycles. The van der Waals surface area contributed by atoms with Crippen LogP contribution in [0.25, 0.3) is 0 Å². The molecule has 1 aromatic rings. The van der Waals surface area contributed by atoms with Crippen LogP contribution in [0.1, 0.15) is 44.5 Å². The van der Waals surface area contributed by atoms with E-state index in [0.29, 0.717) is 12.0 Å². The number of ketones is 2. The van der Waals surface area contributed by atoms with Crippen molar-refractivity contribution in [2.75, 3.05) is 0 Å². The van der Waals surface area contributed by atoms with E-state index in [2.05, 4.69) is 0 Å². The quantitative estimate of drug-likeness (QED) is 0.588. The van der Waals surface area contributed by atoms with Gasteiger partial charge in [0.1, 0.15) is 5.78 Å². The van der Waals surface area contributed by atoms with Crippen molar-refractivity contribution in [3.63, 3.8) is 0 Å². The molecule has 1 atom stereocenters. The molecule has 0 saturated heterocycles. The van der Waals surface area contributed by atoms with E-state index < -0.39 is 5.92 Å². The van der Waals surface area contributed by atoms with Crippen LogP contribution in [-0.4, -0.2) is 11.6 Å². The summed E-state index contributed by atoms with van der Waals surface area (Å²) in [5.41, 5.74) is 0.546. The van der Waals surface area contributed by atoms with Crippen molar-refractivity contribution in [1.82, 2.24) is 0 Å². The molecule has 0 bridgehead atoms. The lowest BCUT2D eigenvalue weighted by atomic mass is 9.84. The molecule has 1 aromatic carbocycles. The Balaban J connectivity index is 2.74. The van der Waals surface area contributed by atoms with Crippen LogP contribution in [0, 0.1) is 11.3 Å². The van der Waals surface area contributed by atoms with Crippen LogP contribution in [-0.2, 0) is 4.79 Å². The number of hydrogen-bond donors (Lipinski definition) is 0. The maximum absolute atomic E-state index is 12.1. The van der Waals surface area contributed by atoms with Crippen LogP contribution in [0.2, 0.25) is 0 Å². The molecule has 1 unspecified atom stereocenters. The van der Waals surface area contributed by atoms with Gasteiger partial charge >= 0.3 is 0 Å². The van der Waals surface area contributed by atoms with Gasteiger partial charge in [0.25, 0.3) is 0 Å². The zero-order valence-electron chi connectivity index (χ0n) is 11.0. The molecule has 0 aromatic heterocycles. The number of rotatable bonds is 4. The lowest BCUT2D eigenvalue weighted by Gasteiger charge is -2.19. The second kappa shape index (κ2) is 5.26. The zero-order valence-corrected chi connectivity index (χ0v) is 11.0. The Labute approximate surface area is 103 Å². The normalized spacial score (nSPS) is 13.2. The van der Waals surface area contributed by atoms with Gasteiger partial charge in [0, 0.05) is 12.0 Å². The van der Waals surface area contributed by atoms with Gasteiger partial charge in [-0.1, -0.05) is 51.1 Å². The van der Waals surface area contributed by atoms with E-state index in [-0.39, 0.29) is 17.0 Å². The number of hydrogen-bond acceptors (Lipinski definition) is 2. The zero-order chi connectivity index (χ0) is 13.1. The maximum atomic E-state index is 12.1. The molecule has 0 heterocycles. The minimum Gasteiger partial charge on any atom is -0.299 e. The van der Waals surface area contributed by atoms with Crippen LogP contribution in [0.4, 0.5) is 0 Å². The molecule has 2 heteroatoms. The fourth-order valence-corrected chi connectivity index (χ4v) is 1.67. The lowest BCUT2D eigenvalue weighted by Crippen LogP contribution is -2.25. The second-order valence-electron chi connectivity index (χ2n) is 5.66. The van der Waals surface area contributed by atoms with Crippen LogP contribution in [0.5, 0.6) is 0 Å². The predicted octanol–water partition coefficient (Wildman–Crippen LogP) is 3.51. The predicted molar refractivity (Wildman–Crippen MR) is 69.0 cm³/mol. The van der Waals surface area contributed by atoms with Crippen molar-refractivity contribution in [2.24, 2.45) is 11.3 Å². The Morgan fingerprint density at radius 2 is 1.65 bits per heavy atom. The van der Waals surface area contributed by atoms with E-state index in [4.69, 9.17) is 0 Å². The molecule has 17 heavy (non-hydrogen) atoms. The number of carbonyl (C=O) groups is 2. The fourth-order valence-electron chi connectivity index (χ4n) is 1.67. The third-order valence-corrected chi connectivity index (χ3v) is 2.64. The summed E-state index contributed by atoms with van der Waals surface area (Å²) in [6.45, 7) is 7.71. The van der Waals surface area contributed by atoms with Gasteiger partial charge in [-0.25, -0.2) is 0 Å². The Morgan fingerprint density at radius 1 is 1.12 bits per heavy atom. The topological polar surface area (TPSA) is 34.1 Å². The molecular weight excluding hydrogens is 212 g/mol. The van der Waals surface area contributed by atoms with Crippen LogP contribution >= 0.6 is 0 Å². The lowest BCUT2D eigenvalue weighted by molar-refractivity contribution is -0.122. The molecule has 0 amide bonds. The number of carbonyl (C=O) groups excluding carboxylic acids is 2. The van der Waals surface area contributed by atoms with Gasteiger partial charge in [-0.2, -0.15) is 0 Å². The van der Waals surface area contributed by atoms with Gasteiger partial charge in [0.2, 0.25) is 0 Å². The molecule has 0 fully saturated rings. The summed E-state index contributed by atoms with van der Waals surface area (Å²) >= 11 is 0. The van der Waals surface area contributed by atoms with Gasteiger partial charge in [0.15, 0.2) is 5.78 Å². The molecule has 1 rings (SSSR count). The van der Waals surface area contributed by atoms with Crippen molar-refractivity contribution in [3.05, 3.63) is 35.9 Å². The van der Waals surface area contributed by atoms with Crippen LogP contribution in [0.3, 0.4) is 0 Å². The van der Waals surface area contributed by atoms with Gasteiger partial charge in [0.05, 0.1) is 5.92 Å². The first-order chi connectivity index (χ1) is 7.81. The van der Waals surface area contributed by atoms with Crippen LogP contribution in [0.15, 0.2) is 30.3 Å². The summed E-state index contributed by atoms with van der Waals surface area (Å²) in [5.74, 6) is -0.608. The van der Waals surface area contributed by atoms with E-state index >= 15 is 0 Å². The van der Waals surface area contributed by atoms with E-state index in [1.807, 2.05) is 39.0 Å². The summed E-state index contributed by atoms with van der Waals surface area (Å²) < 4.78 is 0. The molecule has 0 aliphatic carbocycles. The molecule has 92 valence electrons. The SMILES string of the molecule is CC(C(=O)CC(C)(C)C)C(=O)c1ccccc1. The Bertz CT molecular complexity index is 399. The average Bonchev–Trinajstić information content (AvgIpc) is 2.26. The van der Waals surface area contributed by atoms with Gasteiger partial charge < -0.3 is 0 Å². The minimum absolute atomic E-state index is 0.0198. The van der Waals surface area contributed by atoms with Crippen molar-refractivity contribution >= 4 is 11.6 Å². The number of benzene rings is 1. The first kappa shape index (κ1) is 13.6. The third kappa shape index (κ3) is 4.14. The van der Waals surface area contributed by atoms with Gasteiger partial charge in [-0.15, -0.1) is 0 Å². The van der Waals surface area contributed by atoms with Gasteiger partial charge in [-0.3, -0.25) is 9.59 Å². The smallest absolute Gasteiger partial charge is 0.173 e. The first-order valence-corrected chi connectivity index (χ1v) is 5.93. The molecule has 0 radical (unpaired) electrons.